The van der Waals surface area contributed by atoms with Gasteiger partial charge in [-0.15, -0.1) is 0 Å². The van der Waals surface area contributed by atoms with Gasteiger partial charge in [-0.25, -0.2) is 0 Å². The first kappa shape index (κ1) is 9.34. The lowest BCUT2D eigenvalue weighted by Gasteiger charge is -2.21. The highest BCUT2D eigenvalue weighted by molar-refractivity contribution is 7.99. The van der Waals surface area contributed by atoms with E-state index in [1.54, 1.807) is 0 Å². The fourth-order valence-electron chi connectivity index (χ4n) is 2.43. The van der Waals surface area contributed by atoms with Crippen LogP contribution in [-0.4, -0.2) is 17.5 Å². The molecule has 2 aliphatic rings. The third-order valence-corrected chi connectivity index (χ3v) is 4.40. The Hall–Kier alpha value is -0.890. The average Bonchev–Trinajstić information content (AvgIpc) is 2.47. The van der Waals surface area contributed by atoms with E-state index in [0.717, 1.165) is 0 Å². The van der Waals surface area contributed by atoms with Crippen molar-refractivity contribution in [2.45, 2.75) is 19.4 Å². The van der Waals surface area contributed by atoms with Crippen molar-refractivity contribution in [3.63, 3.8) is 0 Å². The molecule has 1 atom stereocenters. The fraction of sp³-hybridized carbons (Fsp3) is 0.385. The summed E-state index contributed by atoms with van der Waals surface area (Å²) >= 11 is 2.06. The van der Waals surface area contributed by atoms with Crippen LogP contribution in [0.1, 0.15) is 12.5 Å². The molecule has 15 heavy (non-hydrogen) atoms. The second kappa shape index (κ2) is 3.60. The molecule has 2 heteroatoms. The van der Waals surface area contributed by atoms with E-state index < -0.39 is 0 Å². The summed E-state index contributed by atoms with van der Waals surface area (Å²) in [7, 11) is 0. The molecule has 0 saturated carbocycles. The quantitative estimate of drug-likeness (QED) is 0.657. The average molecular weight is 217 g/mol. The van der Waals surface area contributed by atoms with E-state index in [1.165, 1.54) is 34.8 Å². The van der Waals surface area contributed by atoms with Crippen LogP contribution in [0.4, 0.5) is 5.69 Å². The molecule has 2 aliphatic heterocycles. The topological polar surface area (TPSA) is 3.24 Å². The second-order valence-corrected chi connectivity index (χ2v) is 5.41. The maximum atomic E-state index is 2.48. The molecule has 0 radical (unpaired) electrons. The SMILES string of the molecule is CC1=CN2c3ccccc3CC2CSC1. The Kier molecular flexibility index (Phi) is 2.24. The summed E-state index contributed by atoms with van der Waals surface area (Å²) in [5.41, 5.74) is 4.41. The Morgan fingerprint density at radius 3 is 3.13 bits per heavy atom. The Balaban J connectivity index is 2.04. The van der Waals surface area contributed by atoms with Crippen molar-refractivity contribution in [1.29, 1.82) is 0 Å². The van der Waals surface area contributed by atoms with Crippen LogP contribution in [0.15, 0.2) is 36.0 Å². The molecule has 0 spiro atoms. The highest BCUT2D eigenvalue weighted by Gasteiger charge is 2.28. The molecule has 1 nitrogen and oxygen atoms in total. The first-order valence-electron chi connectivity index (χ1n) is 5.46. The van der Waals surface area contributed by atoms with E-state index in [2.05, 4.69) is 54.1 Å². The van der Waals surface area contributed by atoms with Crippen molar-refractivity contribution in [1.82, 2.24) is 0 Å². The second-order valence-electron chi connectivity index (χ2n) is 4.38. The molecular weight excluding hydrogens is 202 g/mol. The molecule has 0 fully saturated rings. The molecule has 3 rings (SSSR count). The van der Waals surface area contributed by atoms with Crippen molar-refractivity contribution in [3.8, 4) is 0 Å². The van der Waals surface area contributed by atoms with Crippen LogP contribution in [0.2, 0.25) is 0 Å². The highest BCUT2D eigenvalue weighted by Crippen LogP contribution is 2.35. The van der Waals surface area contributed by atoms with Crippen LogP contribution >= 0.6 is 11.8 Å². The molecule has 1 unspecified atom stereocenters. The fourth-order valence-corrected chi connectivity index (χ4v) is 3.49. The van der Waals surface area contributed by atoms with Gasteiger partial charge in [-0.1, -0.05) is 18.2 Å². The van der Waals surface area contributed by atoms with Gasteiger partial charge in [-0.3, -0.25) is 0 Å². The number of rotatable bonds is 0. The zero-order chi connectivity index (χ0) is 10.3. The highest BCUT2D eigenvalue weighted by atomic mass is 32.2. The lowest BCUT2D eigenvalue weighted by atomic mass is 10.1. The van der Waals surface area contributed by atoms with Gasteiger partial charge in [0.25, 0.3) is 0 Å². The van der Waals surface area contributed by atoms with Crippen LogP contribution < -0.4 is 4.90 Å². The summed E-state index contributed by atoms with van der Waals surface area (Å²) in [5.74, 6) is 2.44. The number of benzene rings is 1. The molecule has 0 amide bonds. The van der Waals surface area contributed by atoms with Crippen LogP contribution in [-0.2, 0) is 6.42 Å². The Labute approximate surface area is 95.2 Å². The van der Waals surface area contributed by atoms with Gasteiger partial charge in [0, 0.05) is 29.4 Å². The standard InChI is InChI=1S/C13H15NS/c1-10-7-14-12(9-15-8-10)6-11-4-2-3-5-13(11)14/h2-5,7,12H,6,8-9H2,1H3. The van der Waals surface area contributed by atoms with E-state index >= 15 is 0 Å². The number of para-hydroxylation sites is 1. The molecule has 0 bridgehead atoms. The smallest absolute Gasteiger partial charge is 0.0468 e. The number of anilines is 1. The molecule has 1 aromatic rings. The summed E-state index contributed by atoms with van der Waals surface area (Å²) in [6.07, 6.45) is 3.56. The van der Waals surface area contributed by atoms with Gasteiger partial charge in [-0.05, 0) is 30.5 Å². The van der Waals surface area contributed by atoms with Crippen LogP contribution in [0.5, 0.6) is 0 Å². The Morgan fingerprint density at radius 2 is 2.20 bits per heavy atom. The van der Waals surface area contributed by atoms with Crippen LogP contribution in [0, 0.1) is 0 Å². The summed E-state index contributed by atoms with van der Waals surface area (Å²) in [5, 5.41) is 0. The van der Waals surface area contributed by atoms with Gasteiger partial charge in [0.05, 0.1) is 0 Å². The Morgan fingerprint density at radius 1 is 1.33 bits per heavy atom. The van der Waals surface area contributed by atoms with Gasteiger partial charge in [-0.2, -0.15) is 11.8 Å². The van der Waals surface area contributed by atoms with E-state index in [9.17, 15) is 0 Å². The van der Waals surface area contributed by atoms with Crippen molar-refractivity contribution in [2.75, 3.05) is 16.4 Å². The lowest BCUT2D eigenvalue weighted by molar-refractivity contribution is 0.766. The van der Waals surface area contributed by atoms with Crippen molar-refractivity contribution < 1.29 is 0 Å². The predicted molar refractivity (Wildman–Crippen MR) is 67.5 cm³/mol. The molecule has 1 aromatic carbocycles. The van der Waals surface area contributed by atoms with Crippen LogP contribution in [0.25, 0.3) is 0 Å². The number of thioether (sulfide) groups is 1. The maximum absolute atomic E-state index is 2.48. The monoisotopic (exact) mass is 217 g/mol. The largest absolute Gasteiger partial charge is 0.344 e. The van der Waals surface area contributed by atoms with Gasteiger partial charge >= 0.3 is 0 Å². The third kappa shape index (κ3) is 1.57. The minimum Gasteiger partial charge on any atom is -0.344 e. The van der Waals surface area contributed by atoms with E-state index in [1.807, 2.05) is 0 Å². The number of fused-ring (bicyclic) bond motifs is 3. The first-order chi connectivity index (χ1) is 7.34. The third-order valence-electron chi connectivity index (χ3n) is 3.12. The predicted octanol–water partition coefficient (Wildman–Crippen LogP) is 3.07. The summed E-state index contributed by atoms with van der Waals surface area (Å²) in [6.45, 7) is 2.23. The van der Waals surface area contributed by atoms with Crippen molar-refractivity contribution in [3.05, 3.63) is 41.6 Å². The van der Waals surface area contributed by atoms with E-state index in [-0.39, 0.29) is 0 Å². The van der Waals surface area contributed by atoms with Crippen molar-refractivity contribution >= 4 is 17.4 Å². The van der Waals surface area contributed by atoms with Crippen LogP contribution in [0.3, 0.4) is 0 Å². The molecule has 0 N–H and O–H groups in total. The van der Waals surface area contributed by atoms with E-state index in [0.29, 0.717) is 6.04 Å². The van der Waals surface area contributed by atoms with Gasteiger partial charge in [0.15, 0.2) is 0 Å². The van der Waals surface area contributed by atoms with Gasteiger partial charge in [0.2, 0.25) is 0 Å². The first-order valence-corrected chi connectivity index (χ1v) is 6.61. The van der Waals surface area contributed by atoms with Crippen molar-refractivity contribution in [2.24, 2.45) is 0 Å². The zero-order valence-electron chi connectivity index (χ0n) is 8.94. The molecular formula is C13H15NS. The van der Waals surface area contributed by atoms with E-state index in [4.69, 9.17) is 0 Å². The summed E-state index contributed by atoms with van der Waals surface area (Å²) in [4.78, 5) is 2.48. The number of nitrogens with zero attached hydrogens (tertiary/aromatic N) is 1. The van der Waals surface area contributed by atoms with Gasteiger partial charge in [0.1, 0.15) is 0 Å². The maximum Gasteiger partial charge on any atom is 0.0468 e. The lowest BCUT2D eigenvalue weighted by Crippen LogP contribution is -2.28. The number of hydrogen-bond acceptors (Lipinski definition) is 2. The molecule has 78 valence electrons. The summed E-state index contributed by atoms with van der Waals surface area (Å²) in [6, 6.07) is 9.48. The number of hydrogen-bond donors (Lipinski definition) is 0. The molecule has 0 saturated heterocycles. The molecule has 2 heterocycles. The zero-order valence-corrected chi connectivity index (χ0v) is 9.76. The minimum absolute atomic E-state index is 0.685. The normalized spacial score (nSPS) is 24.2. The van der Waals surface area contributed by atoms with Gasteiger partial charge < -0.3 is 4.90 Å². The summed E-state index contributed by atoms with van der Waals surface area (Å²) < 4.78 is 0. The Bertz CT molecular complexity index is 411. The minimum atomic E-state index is 0.685. The molecule has 0 aliphatic carbocycles. The molecule has 0 aromatic heterocycles.